The van der Waals surface area contributed by atoms with E-state index in [1.807, 2.05) is 6.07 Å². The van der Waals surface area contributed by atoms with Gasteiger partial charge in [-0.05, 0) is 37.1 Å². The smallest absolute Gasteiger partial charge is 0.224 e. The largest absolute Gasteiger partial charge is 0.486 e. The van der Waals surface area contributed by atoms with Gasteiger partial charge in [-0.1, -0.05) is 11.6 Å². The van der Waals surface area contributed by atoms with Gasteiger partial charge in [0.15, 0.2) is 11.5 Å². The Morgan fingerprint density at radius 3 is 2.95 bits per heavy atom. The molecule has 1 saturated heterocycles. The van der Waals surface area contributed by atoms with Crippen LogP contribution in [-0.4, -0.2) is 38.3 Å². The molecule has 1 aromatic carbocycles. The van der Waals surface area contributed by atoms with E-state index in [1.165, 1.54) is 0 Å². The fourth-order valence-corrected chi connectivity index (χ4v) is 2.99. The molecular formula is C15H20Cl2N2O3. The molecular weight excluding hydrogens is 327 g/mol. The zero-order chi connectivity index (χ0) is 14.7. The molecule has 7 heteroatoms. The second-order valence-corrected chi connectivity index (χ2v) is 5.80. The Balaban J connectivity index is 0.00000176. The SMILES string of the molecule is Cl.O=C(Cc1cc(Cl)c2c(c1)OCCO2)N[C@H]1CCCNC1. The van der Waals surface area contributed by atoms with Crippen molar-refractivity contribution in [2.24, 2.45) is 0 Å². The highest BCUT2D eigenvalue weighted by molar-refractivity contribution is 6.32. The van der Waals surface area contributed by atoms with Crippen molar-refractivity contribution in [3.63, 3.8) is 0 Å². The summed E-state index contributed by atoms with van der Waals surface area (Å²) in [5.41, 5.74) is 0.838. The Morgan fingerprint density at radius 2 is 2.18 bits per heavy atom. The van der Waals surface area contributed by atoms with Gasteiger partial charge < -0.3 is 20.1 Å². The van der Waals surface area contributed by atoms with E-state index in [-0.39, 0.29) is 24.4 Å². The van der Waals surface area contributed by atoms with Crippen LogP contribution in [0.15, 0.2) is 12.1 Å². The van der Waals surface area contributed by atoms with Crippen molar-refractivity contribution < 1.29 is 14.3 Å². The number of carbonyl (C=O) groups excluding carboxylic acids is 1. The van der Waals surface area contributed by atoms with E-state index in [1.54, 1.807) is 6.07 Å². The maximum absolute atomic E-state index is 12.1. The number of piperidine rings is 1. The van der Waals surface area contributed by atoms with Crippen molar-refractivity contribution in [2.45, 2.75) is 25.3 Å². The van der Waals surface area contributed by atoms with Crippen molar-refractivity contribution in [1.29, 1.82) is 0 Å². The van der Waals surface area contributed by atoms with E-state index >= 15 is 0 Å². The molecule has 3 rings (SSSR count). The van der Waals surface area contributed by atoms with Gasteiger partial charge in [0.25, 0.3) is 0 Å². The zero-order valence-electron chi connectivity index (χ0n) is 12.2. The molecule has 2 aliphatic heterocycles. The normalized spacial score (nSPS) is 20.0. The van der Waals surface area contributed by atoms with Crippen LogP contribution in [0.25, 0.3) is 0 Å². The fraction of sp³-hybridized carbons (Fsp3) is 0.533. The van der Waals surface area contributed by atoms with Crippen LogP contribution in [0.5, 0.6) is 11.5 Å². The van der Waals surface area contributed by atoms with Crippen molar-refractivity contribution >= 4 is 29.9 Å². The number of halogens is 2. The summed E-state index contributed by atoms with van der Waals surface area (Å²) in [6.07, 6.45) is 2.42. The maximum Gasteiger partial charge on any atom is 0.224 e. The Labute approximate surface area is 141 Å². The van der Waals surface area contributed by atoms with E-state index in [9.17, 15) is 4.79 Å². The lowest BCUT2D eigenvalue weighted by molar-refractivity contribution is -0.121. The highest BCUT2D eigenvalue weighted by Crippen LogP contribution is 2.38. The first kappa shape index (κ1) is 17.2. The van der Waals surface area contributed by atoms with Crippen LogP contribution in [-0.2, 0) is 11.2 Å². The molecule has 2 N–H and O–H groups in total. The van der Waals surface area contributed by atoms with Crippen LogP contribution < -0.4 is 20.1 Å². The van der Waals surface area contributed by atoms with E-state index in [2.05, 4.69) is 10.6 Å². The third-order valence-electron chi connectivity index (χ3n) is 3.68. The van der Waals surface area contributed by atoms with Gasteiger partial charge in [0.05, 0.1) is 11.4 Å². The minimum absolute atomic E-state index is 0. The Bertz CT molecular complexity index is 534. The molecule has 22 heavy (non-hydrogen) atoms. The molecule has 0 bridgehead atoms. The molecule has 0 unspecified atom stereocenters. The fourth-order valence-electron chi connectivity index (χ4n) is 2.71. The van der Waals surface area contributed by atoms with Crippen LogP contribution in [0.3, 0.4) is 0 Å². The van der Waals surface area contributed by atoms with Crippen molar-refractivity contribution in [1.82, 2.24) is 10.6 Å². The quantitative estimate of drug-likeness (QED) is 0.878. The van der Waals surface area contributed by atoms with Crippen LogP contribution in [0.4, 0.5) is 0 Å². The number of hydrogen-bond acceptors (Lipinski definition) is 4. The number of rotatable bonds is 3. The number of nitrogens with one attached hydrogen (secondary N) is 2. The Hall–Kier alpha value is -1.17. The third kappa shape index (κ3) is 4.18. The average Bonchev–Trinajstić information content (AvgIpc) is 2.48. The summed E-state index contributed by atoms with van der Waals surface area (Å²) in [5.74, 6) is 1.20. The van der Waals surface area contributed by atoms with Gasteiger partial charge in [0.1, 0.15) is 13.2 Å². The van der Waals surface area contributed by atoms with Crippen molar-refractivity contribution in [3.05, 3.63) is 22.7 Å². The number of ether oxygens (including phenoxy) is 2. The van der Waals surface area contributed by atoms with Gasteiger partial charge in [-0.15, -0.1) is 12.4 Å². The summed E-state index contributed by atoms with van der Waals surface area (Å²) in [6.45, 7) is 2.88. The first-order chi connectivity index (χ1) is 10.2. The molecule has 0 radical (unpaired) electrons. The second-order valence-electron chi connectivity index (χ2n) is 5.39. The number of fused-ring (bicyclic) bond motifs is 1. The van der Waals surface area contributed by atoms with Crippen LogP contribution in [0.1, 0.15) is 18.4 Å². The molecule has 0 saturated carbocycles. The maximum atomic E-state index is 12.1. The summed E-state index contributed by atoms with van der Waals surface area (Å²) < 4.78 is 11.0. The topological polar surface area (TPSA) is 59.6 Å². The Morgan fingerprint density at radius 1 is 1.36 bits per heavy atom. The predicted octanol–water partition coefficient (Wildman–Crippen LogP) is 1.94. The molecule has 1 aromatic rings. The number of carbonyl (C=O) groups is 1. The van der Waals surface area contributed by atoms with Gasteiger partial charge in [0, 0.05) is 12.6 Å². The number of benzene rings is 1. The summed E-state index contributed by atoms with van der Waals surface area (Å²) in [7, 11) is 0. The molecule has 0 aliphatic carbocycles. The predicted molar refractivity (Wildman–Crippen MR) is 87.4 cm³/mol. The van der Waals surface area contributed by atoms with Crippen molar-refractivity contribution in [3.8, 4) is 11.5 Å². The van der Waals surface area contributed by atoms with E-state index in [0.717, 1.165) is 31.5 Å². The molecule has 1 atom stereocenters. The second kappa shape index (κ2) is 7.90. The minimum atomic E-state index is 0. The van der Waals surface area contributed by atoms with Gasteiger partial charge in [-0.3, -0.25) is 4.79 Å². The molecule has 0 aromatic heterocycles. The zero-order valence-corrected chi connectivity index (χ0v) is 13.8. The van der Waals surface area contributed by atoms with Crippen LogP contribution >= 0.6 is 24.0 Å². The standard InChI is InChI=1S/C15H19ClN2O3.ClH/c16-12-6-10(7-13-15(12)21-5-4-20-13)8-14(19)18-11-2-1-3-17-9-11;/h6-7,11,17H,1-5,8-9H2,(H,18,19);1H/t11-;/m0./s1. The summed E-state index contributed by atoms with van der Waals surface area (Å²) >= 11 is 6.18. The lowest BCUT2D eigenvalue weighted by atomic mass is 10.1. The highest BCUT2D eigenvalue weighted by Gasteiger charge is 2.19. The molecule has 0 spiro atoms. The minimum Gasteiger partial charge on any atom is -0.486 e. The van der Waals surface area contributed by atoms with Gasteiger partial charge in [-0.2, -0.15) is 0 Å². The molecule has 5 nitrogen and oxygen atoms in total. The van der Waals surface area contributed by atoms with Crippen LogP contribution in [0, 0.1) is 0 Å². The summed E-state index contributed by atoms with van der Waals surface area (Å²) in [4.78, 5) is 12.1. The average molecular weight is 347 g/mol. The highest BCUT2D eigenvalue weighted by atomic mass is 35.5. The monoisotopic (exact) mass is 346 g/mol. The Kier molecular flexibility index (Phi) is 6.17. The molecule has 122 valence electrons. The molecule has 1 amide bonds. The first-order valence-corrected chi connectivity index (χ1v) is 7.68. The lowest BCUT2D eigenvalue weighted by Crippen LogP contribution is -2.46. The first-order valence-electron chi connectivity index (χ1n) is 7.30. The number of amides is 1. The summed E-state index contributed by atoms with van der Waals surface area (Å²) in [6, 6.07) is 3.83. The van der Waals surface area contributed by atoms with Crippen molar-refractivity contribution in [2.75, 3.05) is 26.3 Å². The van der Waals surface area contributed by atoms with E-state index < -0.39 is 0 Å². The lowest BCUT2D eigenvalue weighted by Gasteiger charge is -2.24. The van der Waals surface area contributed by atoms with E-state index in [0.29, 0.717) is 36.2 Å². The van der Waals surface area contributed by atoms with Crippen LogP contribution in [0.2, 0.25) is 5.02 Å². The molecule has 2 aliphatic rings. The number of hydrogen-bond donors (Lipinski definition) is 2. The van der Waals surface area contributed by atoms with Gasteiger partial charge in [0.2, 0.25) is 5.91 Å². The third-order valence-corrected chi connectivity index (χ3v) is 3.96. The van der Waals surface area contributed by atoms with E-state index in [4.69, 9.17) is 21.1 Å². The van der Waals surface area contributed by atoms with Gasteiger partial charge in [-0.25, -0.2) is 0 Å². The summed E-state index contributed by atoms with van der Waals surface area (Å²) in [5, 5.41) is 6.83. The van der Waals surface area contributed by atoms with Gasteiger partial charge >= 0.3 is 0 Å². The molecule has 1 fully saturated rings. The molecule has 2 heterocycles.